The highest BCUT2D eigenvalue weighted by Crippen LogP contribution is 1.98. The van der Waals surface area contributed by atoms with E-state index in [9.17, 15) is 4.79 Å². The van der Waals surface area contributed by atoms with Crippen molar-refractivity contribution in [1.29, 1.82) is 0 Å². The lowest BCUT2D eigenvalue weighted by Gasteiger charge is -1.86. The zero-order chi connectivity index (χ0) is 9.23. The highest BCUT2D eigenvalue weighted by atomic mass is 16.5. The Morgan fingerprint density at radius 2 is 1.92 bits per heavy atom. The van der Waals surface area contributed by atoms with Crippen LogP contribution in [0.4, 0.5) is 0 Å². The molecule has 1 rings (SSSR count). The summed E-state index contributed by atoms with van der Waals surface area (Å²) in [6, 6.07) is 0. The summed E-state index contributed by atoms with van der Waals surface area (Å²) < 4.78 is 4.94. The van der Waals surface area contributed by atoms with Gasteiger partial charge in [0.25, 0.3) is 0 Å². The van der Waals surface area contributed by atoms with Crippen LogP contribution in [0.1, 0.15) is 46.0 Å². The molecule has 0 bridgehead atoms. The van der Waals surface area contributed by atoms with Gasteiger partial charge in [0, 0.05) is 19.6 Å². The first kappa shape index (κ1) is 11.6. The Balaban J connectivity index is 0.000000211. The van der Waals surface area contributed by atoms with Crippen molar-refractivity contribution < 1.29 is 9.53 Å². The van der Waals surface area contributed by atoms with Gasteiger partial charge in [-0.2, -0.15) is 0 Å². The molecule has 0 aromatic heterocycles. The number of ketones is 1. The second kappa shape index (κ2) is 8.72. The number of rotatable bonds is 3. The zero-order valence-electron chi connectivity index (χ0n) is 8.27. The van der Waals surface area contributed by atoms with Crippen molar-refractivity contribution in [1.82, 2.24) is 0 Å². The largest absolute Gasteiger partial charge is 0.381 e. The van der Waals surface area contributed by atoms with Gasteiger partial charge in [-0.3, -0.25) is 0 Å². The van der Waals surface area contributed by atoms with Crippen molar-refractivity contribution in [2.45, 2.75) is 46.0 Å². The summed E-state index contributed by atoms with van der Waals surface area (Å²) in [7, 11) is 0. The fourth-order valence-electron chi connectivity index (χ4n) is 0.936. The van der Waals surface area contributed by atoms with Crippen LogP contribution in [0.5, 0.6) is 0 Å². The fraction of sp³-hybridized carbons (Fsp3) is 0.900. The van der Waals surface area contributed by atoms with E-state index < -0.39 is 0 Å². The predicted molar refractivity (Wildman–Crippen MR) is 50.3 cm³/mol. The SMILES string of the molecule is C1CCOC1.CCCCC(C)=O. The van der Waals surface area contributed by atoms with E-state index in [4.69, 9.17) is 4.74 Å². The van der Waals surface area contributed by atoms with Crippen LogP contribution in [0.3, 0.4) is 0 Å². The van der Waals surface area contributed by atoms with Crippen LogP contribution < -0.4 is 0 Å². The van der Waals surface area contributed by atoms with Gasteiger partial charge in [0.05, 0.1) is 0 Å². The number of unbranched alkanes of at least 4 members (excludes halogenated alkanes) is 1. The van der Waals surface area contributed by atoms with Gasteiger partial charge in [0.1, 0.15) is 5.78 Å². The predicted octanol–water partition coefficient (Wildman–Crippen LogP) is 2.56. The van der Waals surface area contributed by atoms with Crippen LogP contribution >= 0.6 is 0 Å². The third-order valence-electron chi connectivity index (χ3n) is 1.71. The molecule has 0 atom stereocenters. The Morgan fingerprint density at radius 1 is 1.33 bits per heavy atom. The van der Waals surface area contributed by atoms with Gasteiger partial charge in [0.2, 0.25) is 0 Å². The van der Waals surface area contributed by atoms with Gasteiger partial charge in [0.15, 0.2) is 0 Å². The second-order valence-electron chi connectivity index (χ2n) is 3.13. The number of Topliss-reactive ketones (excluding diaryl/α,β-unsaturated/α-hetero) is 1. The van der Waals surface area contributed by atoms with E-state index in [0.717, 1.165) is 32.5 Å². The van der Waals surface area contributed by atoms with Crippen molar-refractivity contribution in [3.8, 4) is 0 Å². The van der Waals surface area contributed by atoms with E-state index in [1.165, 1.54) is 12.8 Å². The maximum absolute atomic E-state index is 10.2. The lowest BCUT2D eigenvalue weighted by molar-refractivity contribution is -0.117. The maximum Gasteiger partial charge on any atom is 0.129 e. The fourth-order valence-corrected chi connectivity index (χ4v) is 0.936. The van der Waals surface area contributed by atoms with Gasteiger partial charge in [-0.05, 0) is 26.2 Å². The Hall–Kier alpha value is -0.370. The molecule has 0 spiro atoms. The summed E-state index contributed by atoms with van der Waals surface area (Å²) in [5, 5.41) is 0. The summed E-state index contributed by atoms with van der Waals surface area (Å²) in [6.07, 6.45) is 5.49. The molecule has 0 aliphatic carbocycles. The third-order valence-corrected chi connectivity index (χ3v) is 1.71. The van der Waals surface area contributed by atoms with Crippen LogP contribution in [0.2, 0.25) is 0 Å². The molecule has 72 valence electrons. The molecule has 0 N–H and O–H groups in total. The standard InChI is InChI=1S/C6H12O.C4H8O/c1-3-4-5-6(2)7;1-2-4-5-3-1/h3-5H2,1-2H3;1-4H2. The minimum Gasteiger partial charge on any atom is -0.381 e. The molecule has 1 fully saturated rings. The average Bonchev–Trinajstić information content (AvgIpc) is 2.57. The summed E-state index contributed by atoms with van der Waals surface area (Å²) in [5.41, 5.74) is 0. The van der Waals surface area contributed by atoms with Crippen molar-refractivity contribution in [2.75, 3.05) is 13.2 Å². The highest BCUT2D eigenvalue weighted by molar-refractivity contribution is 5.75. The molecule has 12 heavy (non-hydrogen) atoms. The van der Waals surface area contributed by atoms with Crippen molar-refractivity contribution in [3.05, 3.63) is 0 Å². The normalized spacial score (nSPS) is 15.2. The Bertz CT molecular complexity index is 98.8. The number of ether oxygens (including phenoxy) is 1. The highest BCUT2D eigenvalue weighted by Gasteiger charge is 1.94. The quantitative estimate of drug-likeness (QED) is 0.654. The number of carbonyl (C=O) groups excluding carboxylic acids is 1. The number of hydrogen-bond donors (Lipinski definition) is 0. The molecule has 0 radical (unpaired) electrons. The van der Waals surface area contributed by atoms with E-state index in [1.807, 2.05) is 0 Å². The van der Waals surface area contributed by atoms with Gasteiger partial charge >= 0.3 is 0 Å². The molecular formula is C10H20O2. The Kier molecular flexibility index (Phi) is 8.46. The van der Waals surface area contributed by atoms with E-state index in [2.05, 4.69) is 6.92 Å². The molecule has 2 nitrogen and oxygen atoms in total. The molecule has 1 aliphatic heterocycles. The van der Waals surface area contributed by atoms with E-state index in [-0.39, 0.29) is 0 Å². The maximum atomic E-state index is 10.2. The molecule has 0 aromatic carbocycles. The van der Waals surface area contributed by atoms with E-state index in [1.54, 1.807) is 6.92 Å². The average molecular weight is 172 g/mol. The first-order valence-corrected chi connectivity index (χ1v) is 4.84. The molecule has 1 aliphatic rings. The zero-order valence-corrected chi connectivity index (χ0v) is 8.27. The smallest absolute Gasteiger partial charge is 0.129 e. The van der Waals surface area contributed by atoms with Crippen LogP contribution in [0.15, 0.2) is 0 Å². The molecule has 1 heterocycles. The van der Waals surface area contributed by atoms with Crippen molar-refractivity contribution >= 4 is 5.78 Å². The van der Waals surface area contributed by atoms with E-state index in [0.29, 0.717) is 5.78 Å². The Morgan fingerprint density at radius 3 is 2.08 bits per heavy atom. The third kappa shape index (κ3) is 9.63. The summed E-state index contributed by atoms with van der Waals surface area (Å²) in [5.74, 6) is 0.307. The molecular weight excluding hydrogens is 152 g/mol. The molecule has 0 aromatic rings. The van der Waals surface area contributed by atoms with Crippen molar-refractivity contribution in [2.24, 2.45) is 0 Å². The van der Waals surface area contributed by atoms with Crippen LogP contribution in [-0.2, 0) is 9.53 Å². The first-order valence-electron chi connectivity index (χ1n) is 4.84. The lowest BCUT2D eigenvalue weighted by atomic mass is 10.2. The lowest BCUT2D eigenvalue weighted by Crippen LogP contribution is -1.86. The Labute approximate surface area is 75.3 Å². The van der Waals surface area contributed by atoms with Crippen molar-refractivity contribution in [3.63, 3.8) is 0 Å². The number of carbonyl (C=O) groups is 1. The molecule has 1 saturated heterocycles. The van der Waals surface area contributed by atoms with Gasteiger partial charge in [-0.1, -0.05) is 13.3 Å². The molecule has 0 amide bonds. The molecule has 0 saturated carbocycles. The molecule has 2 heteroatoms. The topological polar surface area (TPSA) is 26.3 Å². The van der Waals surface area contributed by atoms with Gasteiger partial charge in [-0.15, -0.1) is 0 Å². The minimum absolute atomic E-state index is 0.307. The van der Waals surface area contributed by atoms with Gasteiger partial charge in [-0.25, -0.2) is 0 Å². The molecule has 0 unspecified atom stereocenters. The van der Waals surface area contributed by atoms with Gasteiger partial charge < -0.3 is 9.53 Å². The van der Waals surface area contributed by atoms with E-state index >= 15 is 0 Å². The summed E-state index contributed by atoms with van der Waals surface area (Å²) >= 11 is 0. The van der Waals surface area contributed by atoms with Crippen LogP contribution in [0, 0.1) is 0 Å². The monoisotopic (exact) mass is 172 g/mol. The van der Waals surface area contributed by atoms with Crippen LogP contribution in [0.25, 0.3) is 0 Å². The first-order chi connectivity index (χ1) is 5.77. The van der Waals surface area contributed by atoms with Crippen LogP contribution in [-0.4, -0.2) is 19.0 Å². The second-order valence-corrected chi connectivity index (χ2v) is 3.13. The summed E-state index contributed by atoms with van der Waals surface area (Å²) in [4.78, 5) is 10.2. The summed E-state index contributed by atoms with van der Waals surface area (Å²) in [6.45, 7) is 5.72. The minimum atomic E-state index is 0.307. The number of hydrogen-bond acceptors (Lipinski definition) is 2.